The molecule has 2 unspecified atom stereocenters. The summed E-state index contributed by atoms with van der Waals surface area (Å²) in [4.78, 5) is 2.18. The lowest BCUT2D eigenvalue weighted by Gasteiger charge is -2.45. The third-order valence-corrected chi connectivity index (χ3v) is 4.92. The quantitative estimate of drug-likeness (QED) is 0.776. The Hall–Kier alpha value is -1.39. The van der Waals surface area contributed by atoms with Crippen LogP contribution in [0.3, 0.4) is 0 Å². The lowest BCUT2D eigenvalue weighted by molar-refractivity contribution is -0.136. The minimum Gasteiger partial charge on any atom is -0.398 e. The SMILES string of the molecule is Nc1ccc(N2CCCC3CCCCC32)cc1C(F)(F)F. The van der Waals surface area contributed by atoms with E-state index in [2.05, 4.69) is 4.90 Å². The van der Waals surface area contributed by atoms with Gasteiger partial charge in [0.1, 0.15) is 0 Å². The molecule has 1 heterocycles. The van der Waals surface area contributed by atoms with Gasteiger partial charge in [-0.2, -0.15) is 13.2 Å². The van der Waals surface area contributed by atoms with Gasteiger partial charge in [0.25, 0.3) is 0 Å². The molecule has 1 saturated heterocycles. The summed E-state index contributed by atoms with van der Waals surface area (Å²) in [6.07, 6.45) is 2.62. The number of alkyl halides is 3. The molecule has 0 bridgehead atoms. The summed E-state index contributed by atoms with van der Waals surface area (Å²) < 4.78 is 39.1. The summed E-state index contributed by atoms with van der Waals surface area (Å²) in [6.45, 7) is 0.850. The molecule has 1 saturated carbocycles. The zero-order chi connectivity index (χ0) is 15.0. The summed E-state index contributed by atoms with van der Waals surface area (Å²) >= 11 is 0. The van der Waals surface area contributed by atoms with Crippen molar-refractivity contribution in [1.82, 2.24) is 0 Å². The van der Waals surface area contributed by atoms with Gasteiger partial charge in [0.2, 0.25) is 0 Å². The van der Waals surface area contributed by atoms with E-state index < -0.39 is 11.7 Å². The van der Waals surface area contributed by atoms with Crippen molar-refractivity contribution in [2.45, 2.75) is 50.7 Å². The highest BCUT2D eigenvalue weighted by Gasteiger charge is 2.36. The third-order valence-electron chi connectivity index (χ3n) is 4.92. The van der Waals surface area contributed by atoms with Gasteiger partial charge in [0.05, 0.1) is 5.56 Å². The van der Waals surface area contributed by atoms with Crippen LogP contribution < -0.4 is 10.6 Å². The van der Waals surface area contributed by atoms with Gasteiger partial charge >= 0.3 is 6.18 Å². The van der Waals surface area contributed by atoms with Crippen LogP contribution in [0.15, 0.2) is 18.2 Å². The third kappa shape index (κ3) is 2.83. The Morgan fingerprint density at radius 3 is 2.52 bits per heavy atom. The van der Waals surface area contributed by atoms with Crippen molar-refractivity contribution in [3.63, 3.8) is 0 Å². The molecule has 2 fully saturated rings. The van der Waals surface area contributed by atoms with E-state index in [-0.39, 0.29) is 5.69 Å². The van der Waals surface area contributed by atoms with E-state index in [1.165, 1.54) is 37.8 Å². The Morgan fingerprint density at radius 2 is 1.76 bits per heavy atom. The van der Waals surface area contributed by atoms with Crippen molar-refractivity contribution in [2.24, 2.45) is 5.92 Å². The first-order chi connectivity index (χ1) is 9.97. The highest BCUT2D eigenvalue weighted by molar-refractivity contribution is 5.60. The molecule has 1 aromatic rings. The fourth-order valence-electron chi connectivity index (χ4n) is 3.91. The first-order valence-electron chi connectivity index (χ1n) is 7.70. The summed E-state index contributed by atoms with van der Waals surface area (Å²) in [5, 5.41) is 0. The summed E-state index contributed by atoms with van der Waals surface area (Å²) in [6, 6.07) is 4.76. The van der Waals surface area contributed by atoms with Gasteiger partial charge in [-0.05, 0) is 49.8 Å². The molecule has 2 aliphatic rings. The fraction of sp³-hybridized carbons (Fsp3) is 0.625. The van der Waals surface area contributed by atoms with Crippen LogP contribution in [-0.2, 0) is 6.18 Å². The van der Waals surface area contributed by atoms with Crippen molar-refractivity contribution in [2.75, 3.05) is 17.2 Å². The lowest BCUT2D eigenvalue weighted by atomic mass is 9.78. The van der Waals surface area contributed by atoms with Crippen LogP contribution in [0.4, 0.5) is 24.5 Å². The van der Waals surface area contributed by atoms with Gasteiger partial charge < -0.3 is 10.6 Å². The molecule has 116 valence electrons. The lowest BCUT2D eigenvalue weighted by Crippen LogP contribution is -2.47. The zero-order valence-electron chi connectivity index (χ0n) is 12.0. The topological polar surface area (TPSA) is 29.3 Å². The van der Waals surface area contributed by atoms with Gasteiger partial charge in [-0.15, -0.1) is 0 Å². The zero-order valence-corrected chi connectivity index (χ0v) is 12.0. The number of piperidine rings is 1. The molecule has 1 aliphatic carbocycles. The number of halogens is 3. The van der Waals surface area contributed by atoms with Crippen molar-refractivity contribution < 1.29 is 13.2 Å². The fourth-order valence-corrected chi connectivity index (χ4v) is 3.91. The Morgan fingerprint density at radius 1 is 1.05 bits per heavy atom. The highest BCUT2D eigenvalue weighted by atomic mass is 19.4. The van der Waals surface area contributed by atoms with Crippen LogP contribution in [0.25, 0.3) is 0 Å². The Bertz CT molecular complexity index is 511. The number of nitrogen functional groups attached to an aromatic ring is 1. The molecule has 5 heteroatoms. The van der Waals surface area contributed by atoms with E-state index in [0.717, 1.165) is 19.4 Å². The molecule has 2 N–H and O–H groups in total. The van der Waals surface area contributed by atoms with Crippen molar-refractivity contribution >= 4 is 11.4 Å². The normalized spacial score (nSPS) is 26.5. The van der Waals surface area contributed by atoms with E-state index in [0.29, 0.717) is 17.6 Å². The molecule has 0 radical (unpaired) electrons. The molecular formula is C16H21F3N2. The molecule has 0 amide bonds. The number of fused-ring (bicyclic) bond motifs is 1. The smallest absolute Gasteiger partial charge is 0.398 e. The Kier molecular flexibility index (Phi) is 3.76. The number of hydrogen-bond donors (Lipinski definition) is 1. The Balaban J connectivity index is 1.92. The Labute approximate surface area is 123 Å². The number of anilines is 2. The standard InChI is InChI=1S/C16H21F3N2/c17-16(18,19)13-10-12(7-8-14(13)20)21-9-3-5-11-4-1-2-6-15(11)21/h7-8,10-11,15H,1-6,9,20H2. The molecule has 2 nitrogen and oxygen atoms in total. The largest absolute Gasteiger partial charge is 0.418 e. The maximum absolute atomic E-state index is 13.0. The monoisotopic (exact) mass is 298 g/mol. The minimum atomic E-state index is -4.39. The molecular weight excluding hydrogens is 277 g/mol. The van der Waals surface area contributed by atoms with Gasteiger partial charge in [-0.3, -0.25) is 0 Å². The van der Waals surface area contributed by atoms with Crippen LogP contribution in [0.2, 0.25) is 0 Å². The second kappa shape index (κ2) is 5.43. The van der Waals surface area contributed by atoms with E-state index in [1.54, 1.807) is 6.07 Å². The number of nitrogens with zero attached hydrogens (tertiary/aromatic N) is 1. The van der Waals surface area contributed by atoms with Gasteiger partial charge in [0.15, 0.2) is 0 Å². The molecule has 0 aromatic heterocycles. The van der Waals surface area contributed by atoms with Crippen molar-refractivity contribution in [1.29, 1.82) is 0 Å². The van der Waals surface area contributed by atoms with Crippen molar-refractivity contribution in [3.8, 4) is 0 Å². The molecule has 1 aromatic carbocycles. The van der Waals surface area contributed by atoms with Crippen LogP contribution in [0.5, 0.6) is 0 Å². The van der Waals surface area contributed by atoms with Crippen LogP contribution in [0.1, 0.15) is 44.1 Å². The maximum Gasteiger partial charge on any atom is 0.418 e. The van der Waals surface area contributed by atoms with Crippen LogP contribution >= 0.6 is 0 Å². The number of nitrogens with two attached hydrogens (primary N) is 1. The predicted octanol–water partition coefficient (Wildman–Crippen LogP) is 4.45. The average molecular weight is 298 g/mol. The van der Waals surface area contributed by atoms with Crippen LogP contribution in [-0.4, -0.2) is 12.6 Å². The van der Waals surface area contributed by atoms with Gasteiger partial charge in [-0.25, -0.2) is 0 Å². The number of hydrogen-bond acceptors (Lipinski definition) is 2. The van der Waals surface area contributed by atoms with Crippen molar-refractivity contribution in [3.05, 3.63) is 23.8 Å². The maximum atomic E-state index is 13.0. The molecule has 0 spiro atoms. The van der Waals surface area contributed by atoms with E-state index >= 15 is 0 Å². The number of rotatable bonds is 1. The molecule has 1 aliphatic heterocycles. The van der Waals surface area contributed by atoms with Gasteiger partial charge in [-0.1, -0.05) is 12.8 Å². The molecule has 3 rings (SSSR count). The van der Waals surface area contributed by atoms with Crippen LogP contribution in [0, 0.1) is 5.92 Å². The van der Waals surface area contributed by atoms with E-state index in [4.69, 9.17) is 5.73 Å². The minimum absolute atomic E-state index is 0.191. The summed E-state index contributed by atoms with van der Waals surface area (Å²) in [7, 11) is 0. The predicted molar refractivity (Wildman–Crippen MR) is 78.2 cm³/mol. The van der Waals surface area contributed by atoms with E-state index in [1.807, 2.05) is 0 Å². The second-order valence-electron chi connectivity index (χ2n) is 6.22. The van der Waals surface area contributed by atoms with Gasteiger partial charge in [0, 0.05) is 24.0 Å². The highest BCUT2D eigenvalue weighted by Crippen LogP contribution is 2.40. The molecule has 2 atom stereocenters. The summed E-state index contributed by atoms with van der Waals surface area (Å²) in [5.41, 5.74) is 5.27. The second-order valence-corrected chi connectivity index (χ2v) is 6.22. The molecule has 21 heavy (non-hydrogen) atoms. The summed E-state index contributed by atoms with van der Waals surface area (Å²) in [5.74, 6) is 0.638. The first kappa shape index (κ1) is 14.5. The number of benzene rings is 1. The van der Waals surface area contributed by atoms with E-state index in [9.17, 15) is 13.2 Å². The first-order valence-corrected chi connectivity index (χ1v) is 7.70. The average Bonchev–Trinajstić information content (AvgIpc) is 2.46.